The van der Waals surface area contributed by atoms with Gasteiger partial charge in [-0.25, -0.2) is 4.98 Å². The molecule has 0 spiro atoms. The van der Waals surface area contributed by atoms with E-state index in [2.05, 4.69) is 68.1 Å². The lowest BCUT2D eigenvalue weighted by Gasteiger charge is -2.27. The normalized spacial score (nSPS) is 11.1. The van der Waals surface area contributed by atoms with Crippen LogP contribution < -0.4 is 10.2 Å². The molecule has 0 aliphatic rings. The van der Waals surface area contributed by atoms with Gasteiger partial charge in [0, 0.05) is 30.4 Å². The Morgan fingerprint density at radius 2 is 1.65 bits per heavy atom. The number of nitrogens with zero attached hydrogens (tertiary/aromatic N) is 4. The summed E-state index contributed by atoms with van der Waals surface area (Å²) in [6.07, 6.45) is 4.03. The Morgan fingerprint density at radius 3 is 2.27 bits per heavy atom. The van der Waals surface area contributed by atoms with E-state index in [1.54, 1.807) is 0 Å². The van der Waals surface area contributed by atoms with Crippen LogP contribution in [0.25, 0.3) is 5.65 Å². The molecule has 3 aromatic rings. The summed E-state index contributed by atoms with van der Waals surface area (Å²) in [7, 11) is 0. The first kappa shape index (κ1) is 18.2. The lowest BCUT2D eigenvalue weighted by atomic mass is 10.1. The van der Waals surface area contributed by atoms with Crippen molar-refractivity contribution in [1.29, 1.82) is 0 Å². The van der Waals surface area contributed by atoms with Crippen molar-refractivity contribution in [3.8, 4) is 0 Å². The topological polar surface area (TPSA) is 45.5 Å². The quantitative estimate of drug-likeness (QED) is 0.649. The Morgan fingerprint density at radius 1 is 1.00 bits per heavy atom. The molecule has 0 bridgehead atoms. The number of fused-ring (bicyclic) bond motifs is 1. The third kappa shape index (κ3) is 3.39. The molecular formula is C21H29N5. The predicted octanol–water partition coefficient (Wildman–Crippen LogP) is 5.02. The van der Waals surface area contributed by atoms with E-state index in [4.69, 9.17) is 4.98 Å². The molecule has 0 radical (unpaired) electrons. The summed E-state index contributed by atoms with van der Waals surface area (Å²) in [5.74, 6) is 2.04. The van der Waals surface area contributed by atoms with Crippen molar-refractivity contribution in [3.05, 3.63) is 47.2 Å². The van der Waals surface area contributed by atoms with Crippen LogP contribution in [0.15, 0.2) is 30.5 Å². The largest absolute Gasteiger partial charge is 0.356 e. The summed E-state index contributed by atoms with van der Waals surface area (Å²) < 4.78 is 1.97. The molecular weight excluding hydrogens is 322 g/mol. The highest BCUT2D eigenvalue weighted by Gasteiger charge is 2.18. The van der Waals surface area contributed by atoms with Crippen LogP contribution in [0.3, 0.4) is 0 Å². The van der Waals surface area contributed by atoms with Crippen LogP contribution in [0.2, 0.25) is 0 Å². The number of hydrogen-bond donors (Lipinski definition) is 1. The molecule has 2 heterocycles. The highest BCUT2D eigenvalue weighted by atomic mass is 15.4. The third-order valence-corrected chi connectivity index (χ3v) is 4.75. The van der Waals surface area contributed by atoms with Crippen LogP contribution in [0, 0.1) is 20.8 Å². The first-order valence-electron chi connectivity index (χ1n) is 9.49. The van der Waals surface area contributed by atoms with Crippen LogP contribution >= 0.6 is 0 Å². The summed E-state index contributed by atoms with van der Waals surface area (Å²) in [5, 5.41) is 8.12. The number of nitrogens with one attached hydrogen (secondary N) is 1. The molecule has 0 atom stereocenters. The molecule has 138 valence electrons. The first-order valence-corrected chi connectivity index (χ1v) is 9.49. The van der Waals surface area contributed by atoms with Gasteiger partial charge in [-0.2, -0.15) is 9.61 Å². The van der Waals surface area contributed by atoms with E-state index in [9.17, 15) is 0 Å². The molecule has 0 fully saturated rings. The summed E-state index contributed by atoms with van der Waals surface area (Å²) in [5.41, 5.74) is 5.58. The van der Waals surface area contributed by atoms with Crippen LogP contribution in [-0.4, -0.2) is 27.7 Å². The average molecular weight is 351 g/mol. The van der Waals surface area contributed by atoms with Gasteiger partial charge in [0.05, 0.1) is 6.20 Å². The fourth-order valence-corrected chi connectivity index (χ4v) is 3.49. The number of anilines is 3. The molecule has 0 saturated carbocycles. The van der Waals surface area contributed by atoms with E-state index >= 15 is 0 Å². The summed E-state index contributed by atoms with van der Waals surface area (Å²) in [6.45, 7) is 12.8. The minimum atomic E-state index is 0.872. The van der Waals surface area contributed by atoms with Crippen molar-refractivity contribution in [2.24, 2.45) is 0 Å². The minimum Gasteiger partial charge on any atom is -0.356 e. The van der Waals surface area contributed by atoms with E-state index in [1.807, 2.05) is 16.8 Å². The number of hydrogen-bond acceptors (Lipinski definition) is 4. The second-order valence-electron chi connectivity index (χ2n) is 6.89. The second kappa shape index (κ2) is 7.77. The third-order valence-electron chi connectivity index (χ3n) is 4.75. The molecule has 0 unspecified atom stereocenters. The van der Waals surface area contributed by atoms with E-state index in [1.165, 1.54) is 11.1 Å². The van der Waals surface area contributed by atoms with Crippen molar-refractivity contribution >= 4 is 23.0 Å². The monoisotopic (exact) mass is 351 g/mol. The smallest absolute Gasteiger partial charge is 0.159 e. The fraction of sp³-hybridized carbons (Fsp3) is 0.429. The van der Waals surface area contributed by atoms with E-state index < -0.39 is 0 Å². The number of benzene rings is 1. The van der Waals surface area contributed by atoms with Gasteiger partial charge >= 0.3 is 0 Å². The molecule has 1 N–H and O–H groups in total. The SMILES string of the molecule is CCCN(CCC)c1c(C)c(Nc2c(C)cccc2C)nc2ccnn12. The van der Waals surface area contributed by atoms with Gasteiger partial charge in [-0.3, -0.25) is 0 Å². The summed E-state index contributed by atoms with van der Waals surface area (Å²) in [4.78, 5) is 7.26. The Kier molecular flexibility index (Phi) is 5.45. The zero-order valence-corrected chi connectivity index (χ0v) is 16.5. The van der Waals surface area contributed by atoms with Gasteiger partial charge in [-0.1, -0.05) is 32.0 Å². The van der Waals surface area contributed by atoms with Crippen LogP contribution in [0.4, 0.5) is 17.3 Å². The van der Waals surface area contributed by atoms with Gasteiger partial charge < -0.3 is 10.2 Å². The maximum atomic E-state index is 4.84. The maximum Gasteiger partial charge on any atom is 0.159 e. The lowest BCUT2D eigenvalue weighted by Crippen LogP contribution is -2.28. The number of rotatable bonds is 7. The number of para-hydroxylation sites is 1. The van der Waals surface area contributed by atoms with E-state index in [0.29, 0.717) is 0 Å². The number of aromatic nitrogens is 3. The van der Waals surface area contributed by atoms with Gasteiger partial charge in [-0.05, 0) is 44.7 Å². The van der Waals surface area contributed by atoms with Crippen LogP contribution in [0.1, 0.15) is 43.4 Å². The summed E-state index contributed by atoms with van der Waals surface area (Å²) >= 11 is 0. The van der Waals surface area contributed by atoms with Crippen molar-refractivity contribution in [2.75, 3.05) is 23.3 Å². The molecule has 5 nitrogen and oxygen atoms in total. The van der Waals surface area contributed by atoms with Crippen molar-refractivity contribution in [1.82, 2.24) is 14.6 Å². The standard InChI is InChI=1S/C21H29N5/c1-6-13-25(14-7-2)21-17(5)20(23-18-11-12-22-26(18)21)24-19-15(3)9-8-10-16(19)4/h8-12H,6-7,13-14H2,1-5H3,(H,23,24). The minimum absolute atomic E-state index is 0.872. The Labute approximate surface area is 156 Å². The van der Waals surface area contributed by atoms with Crippen LogP contribution in [-0.2, 0) is 0 Å². The second-order valence-corrected chi connectivity index (χ2v) is 6.89. The highest BCUT2D eigenvalue weighted by molar-refractivity contribution is 5.72. The molecule has 1 aromatic carbocycles. The Balaban J connectivity index is 2.13. The molecule has 26 heavy (non-hydrogen) atoms. The zero-order valence-electron chi connectivity index (χ0n) is 16.5. The average Bonchev–Trinajstić information content (AvgIpc) is 3.06. The van der Waals surface area contributed by atoms with Gasteiger partial charge in [0.25, 0.3) is 0 Å². The highest BCUT2D eigenvalue weighted by Crippen LogP contribution is 2.31. The molecule has 3 rings (SSSR count). The fourth-order valence-electron chi connectivity index (χ4n) is 3.49. The molecule has 0 aliphatic heterocycles. The zero-order chi connectivity index (χ0) is 18.7. The van der Waals surface area contributed by atoms with Crippen molar-refractivity contribution < 1.29 is 0 Å². The Hall–Kier alpha value is -2.56. The molecule has 2 aromatic heterocycles. The van der Waals surface area contributed by atoms with Crippen LogP contribution in [0.5, 0.6) is 0 Å². The van der Waals surface area contributed by atoms with Gasteiger partial charge in [0.2, 0.25) is 0 Å². The molecule has 0 amide bonds. The predicted molar refractivity (Wildman–Crippen MR) is 110 cm³/mol. The molecule has 0 aliphatic carbocycles. The maximum absolute atomic E-state index is 4.84. The van der Waals surface area contributed by atoms with Gasteiger partial charge in [0.1, 0.15) is 11.6 Å². The first-order chi connectivity index (χ1) is 12.6. The molecule has 5 heteroatoms. The Bertz CT molecular complexity index is 871. The van der Waals surface area contributed by atoms with E-state index in [-0.39, 0.29) is 0 Å². The van der Waals surface area contributed by atoms with Gasteiger partial charge in [-0.15, -0.1) is 0 Å². The number of aryl methyl sites for hydroxylation is 2. The van der Waals surface area contributed by atoms with E-state index in [0.717, 1.165) is 54.5 Å². The molecule has 0 saturated heterocycles. The van der Waals surface area contributed by atoms with Gasteiger partial charge in [0.15, 0.2) is 5.65 Å². The summed E-state index contributed by atoms with van der Waals surface area (Å²) in [6, 6.07) is 8.31. The lowest BCUT2D eigenvalue weighted by molar-refractivity contribution is 0.712. The van der Waals surface area contributed by atoms with Crippen molar-refractivity contribution in [2.45, 2.75) is 47.5 Å². The van der Waals surface area contributed by atoms with Crippen molar-refractivity contribution in [3.63, 3.8) is 0 Å².